The molecule has 0 saturated carbocycles. The Balaban J connectivity index is 0.00000112. The summed E-state index contributed by atoms with van der Waals surface area (Å²) in [6.07, 6.45) is 2.78. The minimum Gasteiger partial charge on any atom is -0.319 e. The van der Waals surface area contributed by atoms with E-state index in [1.165, 1.54) is 0 Å². The molecule has 0 aliphatic heterocycles. The molecule has 1 heterocycles. The summed E-state index contributed by atoms with van der Waals surface area (Å²) in [6.45, 7) is 3.68. The highest BCUT2D eigenvalue weighted by molar-refractivity contribution is 5.85. The third kappa shape index (κ3) is 2.21. The number of halogens is 1. The zero-order valence-electron chi connectivity index (χ0n) is 8.96. The molecule has 2 rings (SSSR count). The lowest BCUT2D eigenvalue weighted by Gasteiger charge is -2.17. The van der Waals surface area contributed by atoms with Crippen molar-refractivity contribution in [2.75, 3.05) is 0 Å². The number of aryl methyl sites for hydroxylation is 1. The van der Waals surface area contributed by atoms with Crippen LogP contribution in [-0.4, -0.2) is 9.97 Å². The van der Waals surface area contributed by atoms with Gasteiger partial charge in [-0.2, -0.15) is 0 Å². The van der Waals surface area contributed by atoms with Gasteiger partial charge in [-0.3, -0.25) is 4.79 Å². The number of hydrogen-bond acceptors (Lipinski definition) is 3. The number of nitrogens with one attached hydrogen (secondary N) is 1. The number of fused-ring (bicyclic) bond motifs is 1. The van der Waals surface area contributed by atoms with Gasteiger partial charge in [0.2, 0.25) is 0 Å². The minimum atomic E-state index is -0.573. The maximum Gasteiger partial charge on any atom is 0.254 e. The Kier molecular flexibility index (Phi) is 3.21. The molecule has 3 N–H and O–H groups in total. The van der Waals surface area contributed by atoms with Gasteiger partial charge in [-0.15, -0.1) is 12.4 Å². The maximum atomic E-state index is 11.6. The van der Waals surface area contributed by atoms with E-state index in [1.54, 1.807) is 0 Å². The molecule has 1 aromatic heterocycles. The Hall–Kier alpha value is -0.870. The van der Waals surface area contributed by atoms with E-state index in [1.807, 2.05) is 13.8 Å². The molecule has 1 aliphatic carbocycles. The van der Waals surface area contributed by atoms with E-state index < -0.39 is 5.54 Å². The second kappa shape index (κ2) is 3.94. The number of aromatic amines is 1. The molecule has 0 spiro atoms. The smallest absolute Gasteiger partial charge is 0.254 e. The molecule has 5 heteroatoms. The summed E-state index contributed by atoms with van der Waals surface area (Å²) in [7, 11) is 0. The van der Waals surface area contributed by atoms with Gasteiger partial charge in [-0.05, 0) is 33.1 Å². The molecule has 15 heavy (non-hydrogen) atoms. The fourth-order valence-corrected chi connectivity index (χ4v) is 1.75. The zero-order valence-corrected chi connectivity index (χ0v) is 9.78. The first-order valence-electron chi connectivity index (χ1n) is 4.90. The number of H-pyrrole nitrogens is 1. The first-order chi connectivity index (χ1) is 6.48. The van der Waals surface area contributed by atoms with Crippen molar-refractivity contribution in [1.82, 2.24) is 9.97 Å². The fourth-order valence-electron chi connectivity index (χ4n) is 1.75. The molecule has 4 nitrogen and oxygen atoms in total. The molecule has 1 aliphatic rings. The van der Waals surface area contributed by atoms with Crippen molar-refractivity contribution < 1.29 is 0 Å². The molecule has 0 amide bonds. The summed E-state index contributed by atoms with van der Waals surface area (Å²) in [5.41, 5.74) is 7.08. The van der Waals surface area contributed by atoms with Crippen LogP contribution in [0, 0.1) is 0 Å². The zero-order chi connectivity index (χ0) is 10.3. The lowest BCUT2D eigenvalue weighted by atomic mass is 10.1. The second-order valence-electron chi connectivity index (χ2n) is 4.42. The highest BCUT2D eigenvalue weighted by Crippen LogP contribution is 2.18. The Morgan fingerprint density at radius 3 is 2.67 bits per heavy atom. The first-order valence-corrected chi connectivity index (χ1v) is 4.90. The largest absolute Gasteiger partial charge is 0.319 e. The second-order valence-corrected chi connectivity index (χ2v) is 4.42. The number of aromatic nitrogens is 2. The summed E-state index contributed by atoms with van der Waals surface area (Å²) in [5, 5.41) is 0. The lowest BCUT2D eigenvalue weighted by Crippen LogP contribution is -2.34. The van der Waals surface area contributed by atoms with E-state index in [0.29, 0.717) is 5.82 Å². The van der Waals surface area contributed by atoms with E-state index in [4.69, 9.17) is 5.73 Å². The standard InChI is InChI=1S/C10H15N3O.ClH/c1-10(2,11)9-12-7-5-3-4-6(7)8(14)13-9;/h3-5,11H2,1-2H3,(H,12,13,14);1H. The summed E-state index contributed by atoms with van der Waals surface area (Å²) < 4.78 is 0. The van der Waals surface area contributed by atoms with Crippen molar-refractivity contribution in [1.29, 1.82) is 0 Å². The summed E-state index contributed by atoms with van der Waals surface area (Å²) in [5.74, 6) is 0.586. The topological polar surface area (TPSA) is 71.8 Å². The van der Waals surface area contributed by atoms with Crippen LogP contribution in [-0.2, 0) is 18.4 Å². The van der Waals surface area contributed by atoms with E-state index in [0.717, 1.165) is 30.5 Å². The average Bonchev–Trinajstić information content (AvgIpc) is 2.50. The van der Waals surface area contributed by atoms with Crippen LogP contribution in [0.25, 0.3) is 0 Å². The third-order valence-electron chi connectivity index (χ3n) is 2.55. The van der Waals surface area contributed by atoms with Crippen LogP contribution in [0.15, 0.2) is 4.79 Å². The highest BCUT2D eigenvalue weighted by atomic mass is 35.5. The SMILES string of the molecule is CC(C)(N)c1nc2c(c(=O)[nH]1)CCC2.Cl. The van der Waals surface area contributed by atoms with Gasteiger partial charge in [0, 0.05) is 5.56 Å². The molecule has 1 aromatic rings. The number of nitrogens with two attached hydrogens (primary N) is 1. The Morgan fingerprint density at radius 2 is 2.07 bits per heavy atom. The van der Waals surface area contributed by atoms with Gasteiger partial charge < -0.3 is 10.7 Å². The van der Waals surface area contributed by atoms with Crippen LogP contribution in [0.1, 0.15) is 37.4 Å². The van der Waals surface area contributed by atoms with Crippen LogP contribution in [0.2, 0.25) is 0 Å². The Bertz CT molecular complexity index is 420. The molecule has 0 aromatic carbocycles. The number of rotatable bonds is 1. The van der Waals surface area contributed by atoms with Crippen molar-refractivity contribution in [3.05, 3.63) is 27.4 Å². The molecular formula is C10H16ClN3O. The molecule has 84 valence electrons. The molecule has 0 unspecified atom stereocenters. The van der Waals surface area contributed by atoms with Crippen LogP contribution >= 0.6 is 12.4 Å². The van der Waals surface area contributed by atoms with E-state index >= 15 is 0 Å². The van der Waals surface area contributed by atoms with Gasteiger partial charge in [0.05, 0.1) is 11.2 Å². The number of hydrogen-bond donors (Lipinski definition) is 2. The van der Waals surface area contributed by atoms with Gasteiger partial charge in [0.25, 0.3) is 5.56 Å². The fraction of sp³-hybridized carbons (Fsp3) is 0.600. The van der Waals surface area contributed by atoms with E-state index in [9.17, 15) is 4.79 Å². The Labute approximate surface area is 94.7 Å². The van der Waals surface area contributed by atoms with Gasteiger partial charge >= 0.3 is 0 Å². The first kappa shape index (κ1) is 12.2. The van der Waals surface area contributed by atoms with Crippen molar-refractivity contribution in [2.24, 2.45) is 5.73 Å². The highest BCUT2D eigenvalue weighted by Gasteiger charge is 2.22. The van der Waals surface area contributed by atoms with Crippen molar-refractivity contribution in [3.63, 3.8) is 0 Å². The molecule has 0 saturated heterocycles. The summed E-state index contributed by atoms with van der Waals surface area (Å²) >= 11 is 0. The van der Waals surface area contributed by atoms with Crippen molar-refractivity contribution in [3.8, 4) is 0 Å². The molecular weight excluding hydrogens is 214 g/mol. The van der Waals surface area contributed by atoms with Crippen molar-refractivity contribution in [2.45, 2.75) is 38.6 Å². The molecule has 0 radical (unpaired) electrons. The maximum absolute atomic E-state index is 11.6. The Morgan fingerprint density at radius 1 is 1.40 bits per heavy atom. The van der Waals surface area contributed by atoms with Gasteiger partial charge in [-0.25, -0.2) is 4.98 Å². The normalized spacial score (nSPS) is 14.6. The van der Waals surface area contributed by atoms with Crippen molar-refractivity contribution >= 4 is 12.4 Å². The van der Waals surface area contributed by atoms with Crippen LogP contribution < -0.4 is 11.3 Å². The summed E-state index contributed by atoms with van der Waals surface area (Å²) in [4.78, 5) is 18.8. The van der Waals surface area contributed by atoms with Crippen LogP contribution in [0.5, 0.6) is 0 Å². The monoisotopic (exact) mass is 229 g/mol. The summed E-state index contributed by atoms with van der Waals surface area (Å²) in [6, 6.07) is 0. The quantitative estimate of drug-likeness (QED) is 0.751. The number of nitrogens with zero attached hydrogens (tertiary/aromatic N) is 1. The molecule has 0 fully saturated rings. The predicted molar refractivity (Wildman–Crippen MR) is 61.3 cm³/mol. The van der Waals surface area contributed by atoms with Gasteiger partial charge in [-0.1, -0.05) is 0 Å². The molecule has 0 bridgehead atoms. The van der Waals surface area contributed by atoms with E-state index in [2.05, 4.69) is 9.97 Å². The minimum absolute atomic E-state index is 0. The van der Waals surface area contributed by atoms with E-state index in [-0.39, 0.29) is 18.0 Å². The van der Waals surface area contributed by atoms with Crippen LogP contribution in [0.3, 0.4) is 0 Å². The third-order valence-corrected chi connectivity index (χ3v) is 2.55. The molecule has 0 atom stereocenters. The average molecular weight is 230 g/mol. The van der Waals surface area contributed by atoms with Gasteiger partial charge in [0.15, 0.2) is 0 Å². The van der Waals surface area contributed by atoms with Gasteiger partial charge in [0.1, 0.15) is 5.82 Å². The predicted octanol–water partition coefficient (Wildman–Crippen LogP) is 0.874. The van der Waals surface area contributed by atoms with Crippen LogP contribution in [0.4, 0.5) is 0 Å². The lowest BCUT2D eigenvalue weighted by molar-refractivity contribution is 0.508.